The summed E-state index contributed by atoms with van der Waals surface area (Å²) >= 11 is 1.92. The summed E-state index contributed by atoms with van der Waals surface area (Å²) in [5.74, 6) is 0. The fourth-order valence-corrected chi connectivity index (χ4v) is 14.9. The van der Waals surface area contributed by atoms with Gasteiger partial charge in [-0.3, -0.25) is 9.97 Å². The van der Waals surface area contributed by atoms with Crippen molar-refractivity contribution in [1.29, 1.82) is 0 Å². The monoisotopic (exact) mass is 1150 g/mol. The van der Waals surface area contributed by atoms with Crippen LogP contribution in [0.4, 0.5) is 34.1 Å². The van der Waals surface area contributed by atoms with E-state index < -0.39 is 5.41 Å². The molecule has 3 aliphatic heterocycles. The number of aromatic nitrogens is 2. The standard InChI is InChI=1S/C81H75BN4S/c1-77(2,3)56-47-59(65-36-26-40-73(83-65)79(7,8)9)76(60(48-56)66-37-27-41-74(84-66)80(10,11)12)86-69-51-58(85-67-38-24-22-34-61(67)81(54-30-18-14-19-31-54,55-32-20-15-21-33-55)62-35-23-25-39-68(62)85)43-44-63(69)82-64-46-53(52-28-16-13-17-29-52)42-45-71(64)87-72-50-57(78(4,5)6)49-70(86)75(72)82/h13-51H,1-12H3. The van der Waals surface area contributed by atoms with Crippen molar-refractivity contribution >= 4 is 69.0 Å². The maximum atomic E-state index is 5.73. The topological polar surface area (TPSA) is 32.3 Å². The van der Waals surface area contributed by atoms with Crippen LogP contribution in [0.2, 0.25) is 0 Å². The Morgan fingerprint density at radius 3 is 1.40 bits per heavy atom. The van der Waals surface area contributed by atoms with Gasteiger partial charge in [-0.05, 0) is 145 Å². The van der Waals surface area contributed by atoms with Crippen LogP contribution in [0.1, 0.15) is 128 Å². The molecule has 0 atom stereocenters. The van der Waals surface area contributed by atoms with E-state index in [9.17, 15) is 0 Å². The zero-order valence-electron chi connectivity index (χ0n) is 52.3. The Morgan fingerprint density at radius 1 is 0.368 bits per heavy atom. The Labute approximate surface area is 520 Å². The summed E-state index contributed by atoms with van der Waals surface area (Å²) in [4.78, 5) is 19.2. The number of benzene rings is 9. The van der Waals surface area contributed by atoms with Gasteiger partial charge >= 0.3 is 0 Å². The highest BCUT2D eigenvalue weighted by molar-refractivity contribution is 8.00. The second kappa shape index (κ2) is 20.7. The number of fused-ring (bicyclic) bond motifs is 6. The minimum atomic E-state index is -0.618. The van der Waals surface area contributed by atoms with E-state index in [1.165, 1.54) is 76.4 Å². The number of pyridine rings is 2. The molecule has 0 amide bonds. The van der Waals surface area contributed by atoms with Crippen LogP contribution in [0.3, 0.4) is 0 Å². The quantitative estimate of drug-likeness (QED) is 0.149. The highest BCUT2D eigenvalue weighted by Crippen LogP contribution is 2.59. The van der Waals surface area contributed by atoms with E-state index in [-0.39, 0.29) is 28.4 Å². The highest BCUT2D eigenvalue weighted by Gasteiger charge is 2.48. The van der Waals surface area contributed by atoms with Crippen LogP contribution >= 0.6 is 11.8 Å². The molecular formula is C81H75BN4S. The number of rotatable bonds is 7. The molecule has 0 spiro atoms. The lowest BCUT2D eigenvalue weighted by Gasteiger charge is -2.47. The zero-order valence-corrected chi connectivity index (χ0v) is 53.1. The summed E-state index contributed by atoms with van der Waals surface area (Å²) in [5.41, 5.74) is 25.1. The predicted molar refractivity (Wildman–Crippen MR) is 370 cm³/mol. The second-order valence-corrected chi connectivity index (χ2v) is 29.3. The van der Waals surface area contributed by atoms with Crippen molar-refractivity contribution in [2.45, 2.75) is 120 Å². The van der Waals surface area contributed by atoms with Crippen LogP contribution in [0, 0.1) is 0 Å². The Morgan fingerprint density at radius 2 is 0.874 bits per heavy atom. The van der Waals surface area contributed by atoms with Gasteiger partial charge < -0.3 is 9.80 Å². The molecule has 4 nitrogen and oxygen atoms in total. The molecule has 9 aromatic carbocycles. The molecular weight excluding hydrogens is 1070 g/mol. The minimum absolute atomic E-state index is 0.0978. The summed E-state index contributed by atoms with van der Waals surface area (Å²) in [5, 5.41) is 0. The maximum Gasteiger partial charge on any atom is 0.249 e. The molecule has 0 bridgehead atoms. The zero-order chi connectivity index (χ0) is 60.4. The van der Waals surface area contributed by atoms with Crippen LogP contribution in [0.25, 0.3) is 33.6 Å². The Bertz CT molecular complexity index is 4320. The molecule has 87 heavy (non-hydrogen) atoms. The molecule has 0 saturated heterocycles. The molecule has 0 unspecified atom stereocenters. The van der Waals surface area contributed by atoms with Crippen molar-refractivity contribution in [1.82, 2.24) is 9.97 Å². The van der Waals surface area contributed by atoms with Crippen LogP contribution in [-0.4, -0.2) is 16.7 Å². The first-order valence-corrected chi connectivity index (χ1v) is 31.7. The van der Waals surface area contributed by atoms with E-state index in [2.05, 4.69) is 329 Å². The van der Waals surface area contributed by atoms with Gasteiger partial charge in [-0.25, -0.2) is 0 Å². The maximum absolute atomic E-state index is 5.73. The lowest BCUT2D eigenvalue weighted by Crippen LogP contribution is -2.60. The first-order valence-electron chi connectivity index (χ1n) is 30.9. The van der Waals surface area contributed by atoms with Crippen molar-refractivity contribution < 1.29 is 0 Å². The Kier molecular flexibility index (Phi) is 13.4. The molecule has 5 heterocycles. The molecule has 0 radical (unpaired) electrons. The fraction of sp³-hybridized carbons (Fsp3) is 0.210. The van der Waals surface area contributed by atoms with Crippen LogP contribution in [0.15, 0.2) is 246 Å². The first-order chi connectivity index (χ1) is 41.7. The molecule has 3 aliphatic rings. The van der Waals surface area contributed by atoms with Crippen LogP contribution in [-0.2, 0) is 27.1 Å². The summed E-state index contributed by atoms with van der Waals surface area (Å²) in [6.07, 6.45) is 0. The second-order valence-electron chi connectivity index (χ2n) is 28.2. The van der Waals surface area contributed by atoms with E-state index in [1.807, 2.05) is 11.8 Å². The molecule has 0 N–H and O–H groups in total. The number of anilines is 6. The van der Waals surface area contributed by atoms with E-state index in [0.717, 1.165) is 62.3 Å². The van der Waals surface area contributed by atoms with Gasteiger partial charge in [0.2, 0.25) is 6.71 Å². The largest absolute Gasteiger partial charge is 0.310 e. The Balaban J connectivity index is 1.13. The van der Waals surface area contributed by atoms with Gasteiger partial charge in [-0.1, -0.05) is 258 Å². The van der Waals surface area contributed by atoms with Gasteiger partial charge in [0.15, 0.2) is 0 Å². The number of para-hydroxylation sites is 2. The van der Waals surface area contributed by atoms with Crippen molar-refractivity contribution in [3.8, 4) is 33.6 Å². The van der Waals surface area contributed by atoms with Gasteiger partial charge in [0, 0.05) is 60.2 Å². The third-order valence-electron chi connectivity index (χ3n) is 18.3. The van der Waals surface area contributed by atoms with Gasteiger partial charge in [0.05, 0.1) is 33.9 Å². The average molecular weight is 1150 g/mol. The average Bonchev–Trinajstić information content (AvgIpc) is 0.712. The summed E-state index contributed by atoms with van der Waals surface area (Å²) in [7, 11) is 0. The van der Waals surface area contributed by atoms with Gasteiger partial charge in [-0.15, -0.1) is 0 Å². The van der Waals surface area contributed by atoms with E-state index in [4.69, 9.17) is 9.97 Å². The number of hydrogen-bond acceptors (Lipinski definition) is 5. The summed E-state index contributed by atoms with van der Waals surface area (Å²) < 4.78 is 0. The lowest BCUT2D eigenvalue weighted by atomic mass is 9.34. The third kappa shape index (κ3) is 9.45. The SMILES string of the molecule is CC(C)(C)c1cc(-c2cccc(C(C)(C)C)n2)c(N2c3cc(N4c5ccccc5C(c5ccccc5)(c5ccccc5)c5ccccc54)ccc3B3c4cc(-c5ccccc5)ccc4Sc4cc(C(C)(C)C)cc2c43)c(-c2cccc(C(C)(C)C)n2)c1. The van der Waals surface area contributed by atoms with Crippen molar-refractivity contribution in [2.75, 3.05) is 9.80 Å². The van der Waals surface area contributed by atoms with Crippen molar-refractivity contribution in [3.63, 3.8) is 0 Å². The van der Waals surface area contributed by atoms with Gasteiger partial charge in [0.1, 0.15) is 0 Å². The molecule has 6 heteroatoms. The number of hydrogen-bond donors (Lipinski definition) is 0. The Hall–Kier alpha value is -8.71. The van der Waals surface area contributed by atoms with Gasteiger partial charge in [-0.2, -0.15) is 0 Å². The molecule has 11 aromatic rings. The molecule has 2 aromatic heterocycles. The van der Waals surface area contributed by atoms with Crippen molar-refractivity contribution in [2.24, 2.45) is 0 Å². The number of nitrogens with zero attached hydrogens (tertiary/aromatic N) is 4. The smallest absolute Gasteiger partial charge is 0.249 e. The third-order valence-corrected chi connectivity index (χ3v) is 19.4. The lowest BCUT2D eigenvalue weighted by molar-refractivity contribution is 0.569. The highest BCUT2D eigenvalue weighted by atomic mass is 32.2. The normalized spacial score (nSPS) is 14.2. The molecule has 0 aliphatic carbocycles. The van der Waals surface area contributed by atoms with E-state index in [1.54, 1.807) is 0 Å². The predicted octanol–water partition coefficient (Wildman–Crippen LogP) is 19.6. The van der Waals surface area contributed by atoms with Gasteiger partial charge in [0.25, 0.3) is 0 Å². The minimum Gasteiger partial charge on any atom is -0.310 e. The molecule has 428 valence electrons. The molecule has 0 fully saturated rings. The molecule has 0 saturated carbocycles. The fourth-order valence-electron chi connectivity index (χ4n) is 13.8. The summed E-state index contributed by atoms with van der Waals surface area (Å²) in [6.45, 7) is 27.6. The summed E-state index contributed by atoms with van der Waals surface area (Å²) in [6, 6.07) is 89.3. The van der Waals surface area contributed by atoms with E-state index >= 15 is 0 Å². The first kappa shape index (κ1) is 56.1. The van der Waals surface area contributed by atoms with Crippen LogP contribution < -0.4 is 26.2 Å². The van der Waals surface area contributed by atoms with E-state index in [0.29, 0.717) is 0 Å². The van der Waals surface area contributed by atoms with Crippen LogP contribution in [0.5, 0.6) is 0 Å². The molecule has 14 rings (SSSR count). The van der Waals surface area contributed by atoms with Crippen molar-refractivity contribution in [3.05, 3.63) is 281 Å².